The smallest absolute Gasteiger partial charge is 0.123 e. The van der Waals surface area contributed by atoms with Gasteiger partial charge < -0.3 is 9.88 Å². The van der Waals surface area contributed by atoms with E-state index in [2.05, 4.69) is 62.4 Å². The molecule has 0 bridgehead atoms. The number of aryl methyl sites for hydroxylation is 1. The Bertz CT molecular complexity index is 732. The zero-order valence-corrected chi connectivity index (χ0v) is 14.4. The number of para-hydroxylation sites is 2. The summed E-state index contributed by atoms with van der Waals surface area (Å²) >= 11 is 5.34. The number of halogens is 1. The summed E-state index contributed by atoms with van der Waals surface area (Å²) in [6, 6.07) is 10.5. The number of imidazole rings is 1. The van der Waals surface area contributed by atoms with E-state index in [1.807, 2.05) is 6.07 Å². The normalized spacial score (nSPS) is 11.3. The lowest BCUT2D eigenvalue weighted by molar-refractivity contribution is 0.600. The molecule has 0 aliphatic rings. The number of hydrogen-bond acceptors (Lipinski definition) is 3. The molecule has 0 amide bonds. The molecule has 0 spiro atoms. The van der Waals surface area contributed by atoms with Crippen LogP contribution in [0.2, 0.25) is 0 Å². The summed E-state index contributed by atoms with van der Waals surface area (Å²) in [6.45, 7) is 4.88. The number of nitrogens with one attached hydrogen (secondary N) is 1. The molecule has 0 aliphatic heterocycles. The Balaban J connectivity index is 1.76. The predicted molar refractivity (Wildman–Crippen MR) is 92.6 cm³/mol. The first-order chi connectivity index (χ1) is 10.3. The molecule has 0 fully saturated rings. The first kappa shape index (κ1) is 14.8. The molecule has 0 radical (unpaired) electrons. The van der Waals surface area contributed by atoms with Crippen LogP contribution < -0.4 is 5.32 Å². The number of nitrogens with zero attached hydrogens (tertiary/aromatic N) is 2. The molecule has 1 aromatic carbocycles. The van der Waals surface area contributed by atoms with E-state index in [1.165, 1.54) is 14.9 Å². The maximum absolute atomic E-state index is 4.76. The van der Waals surface area contributed by atoms with Gasteiger partial charge in [-0.05, 0) is 45.9 Å². The van der Waals surface area contributed by atoms with Crippen molar-refractivity contribution in [2.75, 3.05) is 0 Å². The van der Waals surface area contributed by atoms with Gasteiger partial charge >= 0.3 is 0 Å². The minimum absolute atomic E-state index is 0.791. The van der Waals surface area contributed by atoms with Crippen molar-refractivity contribution >= 4 is 38.3 Å². The highest BCUT2D eigenvalue weighted by molar-refractivity contribution is 9.10. The fourth-order valence-electron chi connectivity index (χ4n) is 2.47. The van der Waals surface area contributed by atoms with Crippen molar-refractivity contribution in [3.63, 3.8) is 0 Å². The fourth-order valence-corrected chi connectivity index (χ4v) is 3.93. The van der Waals surface area contributed by atoms with Crippen molar-refractivity contribution in [1.82, 2.24) is 14.9 Å². The van der Waals surface area contributed by atoms with E-state index in [0.29, 0.717) is 0 Å². The molecular weight excluding hydrogens is 346 g/mol. The Morgan fingerprint density at radius 1 is 1.24 bits per heavy atom. The van der Waals surface area contributed by atoms with E-state index < -0.39 is 0 Å². The maximum Gasteiger partial charge on any atom is 0.123 e. The van der Waals surface area contributed by atoms with Crippen LogP contribution in [0.5, 0.6) is 0 Å². The third-order valence-corrected chi connectivity index (χ3v) is 5.37. The van der Waals surface area contributed by atoms with Crippen LogP contribution in [0.25, 0.3) is 11.0 Å². The van der Waals surface area contributed by atoms with E-state index in [0.717, 1.165) is 37.4 Å². The summed E-state index contributed by atoms with van der Waals surface area (Å²) in [7, 11) is 0. The number of hydrogen-bond donors (Lipinski definition) is 1. The second-order valence-electron chi connectivity index (χ2n) is 4.96. The van der Waals surface area contributed by atoms with Crippen molar-refractivity contribution in [3.8, 4) is 0 Å². The van der Waals surface area contributed by atoms with Gasteiger partial charge in [-0.25, -0.2) is 4.98 Å². The molecule has 0 saturated carbocycles. The van der Waals surface area contributed by atoms with E-state index in [9.17, 15) is 0 Å². The van der Waals surface area contributed by atoms with Crippen LogP contribution in [-0.2, 0) is 19.6 Å². The lowest BCUT2D eigenvalue weighted by Crippen LogP contribution is -2.16. The molecule has 110 valence electrons. The van der Waals surface area contributed by atoms with E-state index in [4.69, 9.17) is 4.98 Å². The van der Waals surface area contributed by atoms with Crippen molar-refractivity contribution in [2.45, 2.75) is 33.0 Å². The number of rotatable bonds is 6. The minimum atomic E-state index is 0.791. The Morgan fingerprint density at radius 3 is 2.86 bits per heavy atom. The highest BCUT2D eigenvalue weighted by Crippen LogP contribution is 2.22. The predicted octanol–water partition coefficient (Wildman–Crippen LogP) is 4.56. The van der Waals surface area contributed by atoms with Crippen molar-refractivity contribution in [1.29, 1.82) is 0 Å². The van der Waals surface area contributed by atoms with Crippen LogP contribution in [-0.4, -0.2) is 9.55 Å². The van der Waals surface area contributed by atoms with Gasteiger partial charge in [0, 0.05) is 22.4 Å². The van der Waals surface area contributed by atoms with Gasteiger partial charge in [-0.2, -0.15) is 0 Å². The highest BCUT2D eigenvalue weighted by Gasteiger charge is 2.09. The van der Waals surface area contributed by atoms with Gasteiger partial charge in [-0.1, -0.05) is 19.1 Å². The standard InChI is InChI=1S/C16H18BrN3S/c1-2-8-20-14-6-4-3-5-13(14)19-16(20)11-18-10-15-12(17)7-9-21-15/h3-7,9,18H,2,8,10-11H2,1H3. The molecule has 21 heavy (non-hydrogen) atoms. The largest absolute Gasteiger partial charge is 0.327 e. The summed E-state index contributed by atoms with van der Waals surface area (Å²) in [5.74, 6) is 1.12. The molecule has 3 nitrogen and oxygen atoms in total. The second-order valence-corrected chi connectivity index (χ2v) is 6.82. The van der Waals surface area contributed by atoms with Gasteiger partial charge in [0.05, 0.1) is 17.6 Å². The second kappa shape index (κ2) is 6.73. The quantitative estimate of drug-likeness (QED) is 0.695. The van der Waals surface area contributed by atoms with E-state index in [-0.39, 0.29) is 0 Å². The number of aromatic nitrogens is 2. The molecule has 0 aliphatic carbocycles. The summed E-state index contributed by atoms with van der Waals surface area (Å²) in [6.07, 6.45) is 1.11. The molecule has 3 rings (SSSR count). The van der Waals surface area contributed by atoms with Gasteiger partial charge in [0.1, 0.15) is 5.82 Å². The molecule has 0 saturated heterocycles. The molecule has 3 aromatic rings. The minimum Gasteiger partial charge on any atom is -0.327 e. The van der Waals surface area contributed by atoms with Crippen LogP contribution in [0.1, 0.15) is 24.0 Å². The van der Waals surface area contributed by atoms with Crippen LogP contribution in [0, 0.1) is 0 Å². The Labute approximate surface area is 137 Å². The lowest BCUT2D eigenvalue weighted by atomic mass is 10.3. The lowest BCUT2D eigenvalue weighted by Gasteiger charge is -2.08. The highest BCUT2D eigenvalue weighted by atomic mass is 79.9. The zero-order valence-electron chi connectivity index (χ0n) is 12.0. The third kappa shape index (κ3) is 3.20. The van der Waals surface area contributed by atoms with Crippen molar-refractivity contribution < 1.29 is 0 Å². The van der Waals surface area contributed by atoms with Gasteiger partial charge in [-0.3, -0.25) is 0 Å². The Hall–Kier alpha value is -1.17. The molecule has 5 heteroatoms. The maximum atomic E-state index is 4.76. The SMILES string of the molecule is CCCn1c(CNCc2sccc2Br)nc2ccccc21. The van der Waals surface area contributed by atoms with Gasteiger partial charge in [0.2, 0.25) is 0 Å². The average Bonchev–Trinajstić information content (AvgIpc) is 3.05. The Kier molecular flexibility index (Phi) is 4.73. The van der Waals surface area contributed by atoms with E-state index in [1.54, 1.807) is 11.3 Å². The molecular formula is C16H18BrN3S. The van der Waals surface area contributed by atoms with Crippen LogP contribution >= 0.6 is 27.3 Å². The van der Waals surface area contributed by atoms with Crippen molar-refractivity contribution in [2.24, 2.45) is 0 Å². The van der Waals surface area contributed by atoms with Gasteiger partial charge in [0.15, 0.2) is 0 Å². The molecule has 0 atom stereocenters. The van der Waals surface area contributed by atoms with Gasteiger partial charge in [0.25, 0.3) is 0 Å². The topological polar surface area (TPSA) is 29.9 Å². The van der Waals surface area contributed by atoms with Crippen molar-refractivity contribution in [3.05, 3.63) is 50.9 Å². The van der Waals surface area contributed by atoms with Crippen LogP contribution in [0.15, 0.2) is 40.2 Å². The average molecular weight is 364 g/mol. The summed E-state index contributed by atoms with van der Waals surface area (Å²) < 4.78 is 3.51. The molecule has 2 heterocycles. The molecule has 1 N–H and O–H groups in total. The first-order valence-electron chi connectivity index (χ1n) is 7.16. The molecule has 2 aromatic heterocycles. The zero-order chi connectivity index (χ0) is 14.7. The number of benzene rings is 1. The van der Waals surface area contributed by atoms with Crippen LogP contribution in [0.4, 0.5) is 0 Å². The monoisotopic (exact) mass is 363 g/mol. The Morgan fingerprint density at radius 2 is 2.10 bits per heavy atom. The number of thiophene rings is 1. The van der Waals surface area contributed by atoms with E-state index >= 15 is 0 Å². The molecule has 0 unspecified atom stereocenters. The summed E-state index contributed by atoms with van der Waals surface area (Å²) in [5.41, 5.74) is 2.31. The number of fused-ring (bicyclic) bond motifs is 1. The van der Waals surface area contributed by atoms with Crippen LogP contribution in [0.3, 0.4) is 0 Å². The first-order valence-corrected chi connectivity index (χ1v) is 8.83. The summed E-state index contributed by atoms with van der Waals surface area (Å²) in [4.78, 5) is 6.09. The fraction of sp³-hybridized carbons (Fsp3) is 0.312. The van der Waals surface area contributed by atoms with Gasteiger partial charge in [-0.15, -0.1) is 11.3 Å². The summed E-state index contributed by atoms with van der Waals surface area (Å²) in [5, 5.41) is 5.61. The third-order valence-electron chi connectivity index (χ3n) is 3.44.